The highest BCUT2D eigenvalue weighted by Gasteiger charge is 2.23. The van der Waals surface area contributed by atoms with Gasteiger partial charge in [0.15, 0.2) is 0 Å². The summed E-state index contributed by atoms with van der Waals surface area (Å²) in [4.78, 5) is 4.11. The van der Waals surface area contributed by atoms with Crippen LogP contribution >= 0.6 is 15.9 Å². The van der Waals surface area contributed by atoms with Gasteiger partial charge in [0, 0.05) is 18.3 Å². The predicted molar refractivity (Wildman–Crippen MR) is 81.9 cm³/mol. The molecule has 0 aliphatic heterocycles. The minimum absolute atomic E-state index is 0.00336. The van der Waals surface area contributed by atoms with Crippen LogP contribution < -0.4 is 10.1 Å². The van der Waals surface area contributed by atoms with Crippen LogP contribution in [0.2, 0.25) is 0 Å². The van der Waals surface area contributed by atoms with E-state index in [2.05, 4.69) is 38.3 Å². The van der Waals surface area contributed by atoms with Gasteiger partial charge >= 0.3 is 0 Å². The van der Waals surface area contributed by atoms with Gasteiger partial charge in [0.05, 0.1) is 35.7 Å². The van der Waals surface area contributed by atoms with Crippen LogP contribution in [-0.2, 0) is 6.54 Å². The number of hydrogen-bond acceptors (Lipinski definition) is 4. The first-order chi connectivity index (χ1) is 9.72. The van der Waals surface area contributed by atoms with E-state index >= 15 is 0 Å². The molecule has 0 saturated carbocycles. The number of methoxy groups -OCH3 is 1. The molecule has 0 aromatic carbocycles. The van der Waals surface area contributed by atoms with Crippen LogP contribution in [0.4, 0.5) is 0 Å². The van der Waals surface area contributed by atoms with E-state index in [4.69, 9.17) is 4.74 Å². The predicted octanol–water partition coefficient (Wildman–Crippen LogP) is 2.77. The summed E-state index contributed by atoms with van der Waals surface area (Å²) in [5.41, 5.74) is 2.14. The summed E-state index contributed by atoms with van der Waals surface area (Å²) in [7, 11) is 3.59. The number of pyridine rings is 1. The van der Waals surface area contributed by atoms with Gasteiger partial charge in [-0.3, -0.25) is 9.67 Å². The van der Waals surface area contributed by atoms with Crippen molar-refractivity contribution < 1.29 is 4.74 Å². The second-order valence-corrected chi connectivity index (χ2v) is 5.29. The standard InChI is InChI=1S/C14H19BrN4O/c1-4-7-19-14(11(15)8-18-19)13(16-2)10-5-6-17-9-12(10)20-3/h5-6,8-9,13,16H,4,7H2,1-3H3. The molecule has 2 aromatic rings. The number of halogens is 1. The molecule has 1 unspecified atom stereocenters. The molecule has 1 atom stereocenters. The molecule has 0 radical (unpaired) electrons. The average Bonchev–Trinajstić information content (AvgIpc) is 2.83. The van der Waals surface area contributed by atoms with Crippen molar-refractivity contribution >= 4 is 15.9 Å². The molecular weight excluding hydrogens is 320 g/mol. The molecule has 0 saturated heterocycles. The molecule has 108 valence electrons. The van der Waals surface area contributed by atoms with Gasteiger partial charge in [-0.2, -0.15) is 5.10 Å². The van der Waals surface area contributed by atoms with Crippen LogP contribution in [-0.4, -0.2) is 28.9 Å². The molecule has 2 aromatic heterocycles. The maximum absolute atomic E-state index is 5.42. The normalized spacial score (nSPS) is 12.4. The van der Waals surface area contributed by atoms with Crippen LogP contribution in [0.15, 0.2) is 29.1 Å². The molecule has 0 aliphatic carbocycles. The molecule has 6 heteroatoms. The van der Waals surface area contributed by atoms with Gasteiger partial charge in [0.25, 0.3) is 0 Å². The van der Waals surface area contributed by atoms with Gasteiger partial charge in [-0.15, -0.1) is 0 Å². The Morgan fingerprint density at radius 1 is 1.45 bits per heavy atom. The van der Waals surface area contributed by atoms with Crippen LogP contribution in [0, 0.1) is 0 Å². The number of nitrogens with zero attached hydrogens (tertiary/aromatic N) is 3. The summed E-state index contributed by atoms with van der Waals surface area (Å²) in [6.45, 7) is 3.02. The molecule has 2 heterocycles. The number of ether oxygens (including phenoxy) is 1. The monoisotopic (exact) mass is 338 g/mol. The largest absolute Gasteiger partial charge is 0.495 e. The number of aryl methyl sites for hydroxylation is 1. The first-order valence-electron chi connectivity index (χ1n) is 6.59. The third-order valence-electron chi connectivity index (χ3n) is 3.18. The van der Waals surface area contributed by atoms with Crippen molar-refractivity contribution in [3.8, 4) is 5.75 Å². The lowest BCUT2D eigenvalue weighted by atomic mass is 10.0. The number of rotatable bonds is 6. The van der Waals surface area contributed by atoms with Crippen molar-refractivity contribution in [1.82, 2.24) is 20.1 Å². The summed E-state index contributed by atoms with van der Waals surface area (Å²) in [5, 5.41) is 7.77. The number of aromatic nitrogens is 3. The molecule has 0 aliphatic rings. The maximum Gasteiger partial charge on any atom is 0.142 e. The molecule has 0 amide bonds. The zero-order valence-electron chi connectivity index (χ0n) is 11.9. The molecule has 0 fully saturated rings. The molecule has 2 rings (SSSR count). The topological polar surface area (TPSA) is 52.0 Å². The van der Waals surface area contributed by atoms with E-state index in [0.717, 1.165) is 34.4 Å². The summed E-state index contributed by atoms with van der Waals surface area (Å²) in [5.74, 6) is 0.767. The Morgan fingerprint density at radius 2 is 2.25 bits per heavy atom. The van der Waals surface area contributed by atoms with E-state index in [9.17, 15) is 0 Å². The van der Waals surface area contributed by atoms with Crippen LogP contribution in [0.1, 0.15) is 30.6 Å². The minimum Gasteiger partial charge on any atom is -0.495 e. The Bertz CT molecular complexity index is 570. The fraction of sp³-hybridized carbons (Fsp3) is 0.429. The Morgan fingerprint density at radius 3 is 2.90 bits per heavy atom. The Labute approximate surface area is 127 Å². The summed E-state index contributed by atoms with van der Waals surface area (Å²) in [6.07, 6.45) is 6.37. The van der Waals surface area contributed by atoms with E-state index in [1.807, 2.05) is 24.0 Å². The van der Waals surface area contributed by atoms with E-state index in [1.54, 1.807) is 19.5 Å². The number of hydrogen-bond donors (Lipinski definition) is 1. The molecule has 20 heavy (non-hydrogen) atoms. The van der Waals surface area contributed by atoms with E-state index < -0.39 is 0 Å². The van der Waals surface area contributed by atoms with Gasteiger partial charge in [0.2, 0.25) is 0 Å². The maximum atomic E-state index is 5.42. The third-order valence-corrected chi connectivity index (χ3v) is 3.79. The lowest BCUT2D eigenvalue weighted by Crippen LogP contribution is -2.22. The Kier molecular flexibility index (Phi) is 5.14. The van der Waals surface area contributed by atoms with Gasteiger partial charge in [0.1, 0.15) is 5.75 Å². The first kappa shape index (κ1) is 15.0. The lowest BCUT2D eigenvalue weighted by Gasteiger charge is -2.21. The summed E-state index contributed by atoms with van der Waals surface area (Å²) >= 11 is 3.59. The number of nitrogens with one attached hydrogen (secondary N) is 1. The van der Waals surface area contributed by atoms with Gasteiger partial charge in [-0.25, -0.2) is 0 Å². The highest BCUT2D eigenvalue weighted by atomic mass is 79.9. The van der Waals surface area contributed by atoms with Crippen LogP contribution in [0.25, 0.3) is 0 Å². The van der Waals surface area contributed by atoms with E-state index in [-0.39, 0.29) is 6.04 Å². The van der Waals surface area contributed by atoms with E-state index in [1.165, 1.54) is 0 Å². The Balaban J connectivity index is 2.49. The second kappa shape index (κ2) is 6.85. The molecule has 0 bridgehead atoms. The summed E-state index contributed by atoms with van der Waals surface area (Å²) < 4.78 is 8.43. The smallest absolute Gasteiger partial charge is 0.142 e. The molecule has 0 spiro atoms. The van der Waals surface area contributed by atoms with Crippen molar-refractivity contribution in [3.05, 3.63) is 40.4 Å². The quantitative estimate of drug-likeness (QED) is 0.879. The van der Waals surface area contributed by atoms with Crippen LogP contribution in [0.5, 0.6) is 5.75 Å². The third kappa shape index (κ3) is 2.86. The van der Waals surface area contributed by atoms with Gasteiger partial charge < -0.3 is 10.1 Å². The zero-order chi connectivity index (χ0) is 14.5. The van der Waals surface area contributed by atoms with Gasteiger partial charge in [-0.05, 0) is 35.5 Å². The fourth-order valence-electron chi connectivity index (χ4n) is 2.29. The van der Waals surface area contributed by atoms with Crippen molar-refractivity contribution in [2.45, 2.75) is 25.9 Å². The fourth-order valence-corrected chi connectivity index (χ4v) is 2.81. The van der Waals surface area contributed by atoms with Crippen LogP contribution in [0.3, 0.4) is 0 Å². The highest BCUT2D eigenvalue weighted by molar-refractivity contribution is 9.10. The summed E-state index contributed by atoms with van der Waals surface area (Å²) in [6, 6.07) is 1.96. The minimum atomic E-state index is -0.00336. The molecular formula is C14H19BrN4O. The second-order valence-electron chi connectivity index (χ2n) is 4.44. The Hall–Kier alpha value is -1.40. The van der Waals surface area contributed by atoms with E-state index in [0.29, 0.717) is 0 Å². The molecule has 5 nitrogen and oxygen atoms in total. The average molecular weight is 339 g/mol. The lowest BCUT2D eigenvalue weighted by molar-refractivity contribution is 0.401. The van der Waals surface area contributed by atoms with Crippen molar-refractivity contribution in [3.63, 3.8) is 0 Å². The SMILES string of the molecule is CCCn1ncc(Br)c1C(NC)c1ccncc1OC. The molecule has 1 N–H and O–H groups in total. The first-order valence-corrected chi connectivity index (χ1v) is 7.38. The zero-order valence-corrected chi connectivity index (χ0v) is 13.5. The van der Waals surface area contributed by atoms with Crippen molar-refractivity contribution in [2.24, 2.45) is 0 Å². The van der Waals surface area contributed by atoms with Crippen molar-refractivity contribution in [1.29, 1.82) is 0 Å². The highest BCUT2D eigenvalue weighted by Crippen LogP contribution is 2.32. The van der Waals surface area contributed by atoms with Crippen molar-refractivity contribution in [2.75, 3.05) is 14.2 Å². The van der Waals surface area contributed by atoms with Gasteiger partial charge in [-0.1, -0.05) is 6.92 Å².